The number of nitrogens with one attached hydrogen (secondary N) is 1. The Morgan fingerprint density at radius 1 is 0.614 bits per heavy atom. The molecule has 222 valence electrons. The average Bonchev–Trinajstić information content (AvgIpc) is 3.57. The highest BCUT2D eigenvalue weighted by molar-refractivity contribution is 7.70. The van der Waals surface area contributed by atoms with E-state index >= 15 is 0 Å². The van der Waals surface area contributed by atoms with Gasteiger partial charge in [-0.2, -0.15) is 0 Å². The fraction of sp³-hybridized carbons (Fsp3) is 0.158. The van der Waals surface area contributed by atoms with Gasteiger partial charge in [0.1, 0.15) is 18.5 Å². The van der Waals surface area contributed by atoms with E-state index in [0.717, 1.165) is 23.2 Å². The summed E-state index contributed by atoms with van der Waals surface area (Å²) in [6.07, 6.45) is 1.76. The number of H-pyrrole nitrogens is 1. The maximum Gasteiger partial charge on any atom is 0.128 e. The van der Waals surface area contributed by atoms with E-state index in [2.05, 4.69) is 157 Å². The van der Waals surface area contributed by atoms with Gasteiger partial charge in [-0.25, -0.2) is 0 Å². The lowest BCUT2D eigenvalue weighted by Crippen LogP contribution is -2.42. The van der Waals surface area contributed by atoms with E-state index < -0.39 is 16.2 Å². The number of fused-ring (bicyclic) bond motifs is 1. The van der Waals surface area contributed by atoms with E-state index in [-0.39, 0.29) is 12.1 Å². The molecule has 0 amide bonds. The molecule has 6 aromatic rings. The fourth-order valence-corrected chi connectivity index (χ4v) is 9.81. The van der Waals surface area contributed by atoms with Crippen LogP contribution in [0.5, 0.6) is 5.75 Å². The van der Waals surface area contributed by atoms with Gasteiger partial charge in [0.25, 0.3) is 0 Å². The van der Waals surface area contributed by atoms with Gasteiger partial charge >= 0.3 is 0 Å². The molecule has 0 aliphatic rings. The number of nitrogens with zero attached hydrogens (tertiary/aromatic N) is 1. The summed E-state index contributed by atoms with van der Waals surface area (Å²) in [6.45, 7) is 5.72. The largest absolute Gasteiger partial charge is 0.490 e. The second-order valence-corrected chi connectivity index (χ2v) is 14.9. The van der Waals surface area contributed by atoms with Crippen LogP contribution in [-0.4, -0.2) is 35.0 Å². The molecule has 0 spiro atoms. The predicted molar refractivity (Wildman–Crippen MR) is 189 cm³/mol. The first kappa shape index (κ1) is 30.3. The lowest BCUT2D eigenvalue weighted by atomic mass is 10.2. The molecular formula is C38H38N2O2P2. The van der Waals surface area contributed by atoms with Crippen molar-refractivity contribution in [1.29, 1.82) is 0 Å². The summed E-state index contributed by atoms with van der Waals surface area (Å²) < 4.78 is 16.5. The summed E-state index contributed by atoms with van der Waals surface area (Å²) in [5.74, 6) is 0.866. The van der Waals surface area contributed by atoms with Gasteiger partial charge < -0.3 is 14.2 Å². The van der Waals surface area contributed by atoms with Crippen LogP contribution in [0.25, 0.3) is 10.9 Å². The summed E-state index contributed by atoms with van der Waals surface area (Å²) in [5.41, 5.74) is 1.07. The molecule has 6 heteroatoms. The monoisotopic (exact) mass is 616 g/mol. The highest BCUT2D eigenvalue weighted by Crippen LogP contribution is 2.43. The van der Waals surface area contributed by atoms with Gasteiger partial charge in [-0.15, -0.1) is 0 Å². The summed E-state index contributed by atoms with van der Waals surface area (Å²) in [5, 5.41) is 6.11. The Balaban J connectivity index is 1.38. The van der Waals surface area contributed by atoms with Crippen molar-refractivity contribution in [1.82, 2.24) is 9.65 Å². The molecule has 1 aromatic heterocycles. The van der Waals surface area contributed by atoms with Crippen LogP contribution in [0.2, 0.25) is 0 Å². The number of benzene rings is 5. The molecule has 0 saturated carbocycles. The molecular weight excluding hydrogens is 578 g/mol. The Bertz CT molecular complexity index is 1630. The topological polar surface area (TPSA) is 37.5 Å². The van der Waals surface area contributed by atoms with E-state index in [0.29, 0.717) is 6.61 Å². The smallest absolute Gasteiger partial charge is 0.128 e. The van der Waals surface area contributed by atoms with Crippen molar-refractivity contribution in [3.8, 4) is 5.75 Å². The molecule has 5 aromatic carbocycles. The Hall–Kier alpha value is -3.78. The zero-order chi connectivity index (χ0) is 30.1. The van der Waals surface area contributed by atoms with Gasteiger partial charge in [0.2, 0.25) is 0 Å². The van der Waals surface area contributed by atoms with Crippen LogP contribution in [0.1, 0.15) is 13.8 Å². The van der Waals surface area contributed by atoms with Crippen molar-refractivity contribution in [2.45, 2.75) is 26.0 Å². The normalized spacial score (nSPS) is 12.4. The van der Waals surface area contributed by atoms with Gasteiger partial charge in [0.05, 0.1) is 8.15 Å². The lowest BCUT2D eigenvalue weighted by molar-refractivity contribution is 0.120. The molecule has 0 unspecified atom stereocenters. The van der Waals surface area contributed by atoms with Crippen LogP contribution >= 0.6 is 16.2 Å². The minimum atomic E-state index is -1.08. The molecule has 6 rings (SSSR count). The number of aromatic nitrogens is 1. The van der Waals surface area contributed by atoms with Crippen molar-refractivity contribution in [2.75, 3.05) is 13.2 Å². The molecule has 0 saturated heterocycles. The Labute approximate surface area is 263 Å². The van der Waals surface area contributed by atoms with Crippen LogP contribution in [0.15, 0.2) is 152 Å². The summed E-state index contributed by atoms with van der Waals surface area (Å²) >= 11 is 0. The maximum atomic E-state index is 7.24. The predicted octanol–water partition coefficient (Wildman–Crippen LogP) is 7.74. The molecule has 0 fully saturated rings. The average molecular weight is 617 g/mol. The van der Waals surface area contributed by atoms with Gasteiger partial charge in [-0.1, -0.05) is 127 Å². The van der Waals surface area contributed by atoms with Gasteiger partial charge in [-0.05, 0) is 42.7 Å². The number of ether oxygens (including phenoxy) is 1. The second kappa shape index (κ2) is 14.8. The number of hydrogen-bond donors (Lipinski definition) is 1. The number of hydrogen-bond acceptors (Lipinski definition) is 3. The van der Waals surface area contributed by atoms with Crippen LogP contribution < -0.4 is 26.0 Å². The molecule has 0 bridgehead atoms. The number of aromatic amines is 1. The molecule has 1 N–H and O–H groups in total. The highest BCUT2D eigenvalue weighted by atomic mass is 31.1. The Morgan fingerprint density at radius 2 is 1.14 bits per heavy atom. The van der Waals surface area contributed by atoms with E-state index in [1.165, 1.54) is 21.2 Å². The van der Waals surface area contributed by atoms with Crippen LogP contribution in [0.4, 0.5) is 0 Å². The van der Waals surface area contributed by atoms with Gasteiger partial charge in [0.15, 0.2) is 0 Å². The van der Waals surface area contributed by atoms with Crippen molar-refractivity contribution < 1.29 is 9.26 Å². The Morgan fingerprint density at radius 3 is 1.66 bits per heavy atom. The summed E-state index contributed by atoms with van der Waals surface area (Å²) in [7, 11) is -1.88. The van der Waals surface area contributed by atoms with Crippen molar-refractivity contribution in [2.24, 2.45) is 0 Å². The third-order valence-corrected chi connectivity index (χ3v) is 12.2. The van der Waals surface area contributed by atoms with Crippen molar-refractivity contribution >= 4 is 48.3 Å². The molecule has 1 heterocycles. The maximum absolute atomic E-state index is 7.24. The minimum Gasteiger partial charge on any atom is -0.490 e. The number of rotatable bonds is 13. The van der Waals surface area contributed by atoms with Crippen LogP contribution in [-0.2, 0) is 4.52 Å². The zero-order valence-corrected chi connectivity index (χ0v) is 26.9. The van der Waals surface area contributed by atoms with E-state index in [9.17, 15) is 0 Å². The minimum absolute atomic E-state index is 0.199. The molecule has 0 radical (unpaired) electrons. The van der Waals surface area contributed by atoms with Crippen molar-refractivity contribution in [3.05, 3.63) is 152 Å². The zero-order valence-electron chi connectivity index (χ0n) is 25.2. The standard InChI is InChI=1S/C38H38N2O2P2/c1-30(2)40(43(32-16-7-3-8-17-32)33-18-9-4-10-19-33)28-31(29-41-38-25-15-24-37-36(38)26-27-39-37)42-44(34-20-11-5-12-21-34)35-22-13-6-14-23-35/h3-27,30-31,39H,28-29H2,1-2H3/t31-/m0/s1. The van der Waals surface area contributed by atoms with E-state index in [4.69, 9.17) is 9.26 Å². The summed E-state index contributed by atoms with van der Waals surface area (Å²) in [6, 6.07) is 51.5. The first-order chi connectivity index (χ1) is 21.7. The van der Waals surface area contributed by atoms with E-state index in [1.54, 1.807) is 0 Å². The molecule has 0 aliphatic heterocycles. The molecule has 44 heavy (non-hydrogen) atoms. The van der Waals surface area contributed by atoms with Crippen molar-refractivity contribution in [3.63, 3.8) is 0 Å². The van der Waals surface area contributed by atoms with Crippen LogP contribution in [0, 0.1) is 0 Å². The quantitative estimate of drug-likeness (QED) is 0.135. The van der Waals surface area contributed by atoms with Gasteiger partial charge in [0, 0.05) is 48.4 Å². The summed E-state index contributed by atoms with van der Waals surface area (Å²) in [4.78, 5) is 3.31. The Kier molecular flexibility index (Phi) is 10.2. The van der Waals surface area contributed by atoms with Gasteiger partial charge in [-0.3, -0.25) is 4.67 Å². The van der Waals surface area contributed by atoms with Crippen LogP contribution in [0.3, 0.4) is 0 Å². The second-order valence-electron chi connectivity index (χ2n) is 10.9. The fourth-order valence-electron chi connectivity index (χ4n) is 5.34. The SMILES string of the molecule is CC(C)N(C[C@@H](COc1cccc2[nH]ccc12)OP(c1ccccc1)c1ccccc1)P(c1ccccc1)c1ccccc1. The molecule has 4 nitrogen and oxygen atoms in total. The van der Waals surface area contributed by atoms with E-state index in [1.807, 2.05) is 18.3 Å². The molecule has 0 aliphatic carbocycles. The first-order valence-corrected chi connectivity index (χ1v) is 17.7. The third kappa shape index (κ3) is 7.29. The third-order valence-electron chi connectivity index (χ3n) is 7.46. The first-order valence-electron chi connectivity index (χ1n) is 15.1. The highest BCUT2D eigenvalue weighted by Gasteiger charge is 2.30. The molecule has 1 atom stereocenters. The lowest BCUT2D eigenvalue weighted by Gasteiger charge is -2.38.